The molecular formula is C16H23FN2O. The van der Waals surface area contributed by atoms with E-state index in [1.807, 2.05) is 18.7 Å². The lowest BCUT2D eigenvalue weighted by atomic mass is 10.0. The van der Waals surface area contributed by atoms with Crippen molar-refractivity contribution in [1.82, 2.24) is 9.80 Å². The maximum Gasteiger partial charge on any atom is 0.257 e. The Labute approximate surface area is 120 Å². The molecule has 0 bridgehead atoms. The van der Waals surface area contributed by atoms with Gasteiger partial charge in [-0.05, 0) is 64.5 Å². The second-order valence-electron chi connectivity index (χ2n) is 5.61. The Morgan fingerprint density at radius 1 is 1.40 bits per heavy atom. The molecule has 20 heavy (non-hydrogen) atoms. The van der Waals surface area contributed by atoms with Crippen LogP contribution >= 0.6 is 0 Å². The molecule has 1 amide bonds. The van der Waals surface area contributed by atoms with Crippen LogP contribution in [0.3, 0.4) is 0 Å². The van der Waals surface area contributed by atoms with Crippen LogP contribution in [-0.2, 0) is 0 Å². The fraction of sp³-hybridized carbons (Fsp3) is 0.562. The molecule has 0 radical (unpaired) electrons. The summed E-state index contributed by atoms with van der Waals surface area (Å²) in [5.74, 6) is -0.596. The number of likely N-dealkylation sites (tertiary alicyclic amines) is 1. The van der Waals surface area contributed by atoms with E-state index in [4.69, 9.17) is 0 Å². The van der Waals surface area contributed by atoms with Gasteiger partial charge in [0.1, 0.15) is 5.82 Å². The van der Waals surface area contributed by atoms with Crippen LogP contribution in [0.15, 0.2) is 18.2 Å². The van der Waals surface area contributed by atoms with Gasteiger partial charge in [0.05, 0.1) is 5.56 Å². The van der Waals surface area contributed by atoms with E-state index in [0.29, 0.717) is 6.54 Å². The predicted molar refractivity (Wildman–Crippen MR) is 78.4 cm³/mol. The summed E-state index contributed by atoms with van der Waals surface area (Å²) >= 11 is 0. The van der Waals surface area contributed by atoms with Gasteiger partial charge < -0.3 is 9.80 Å². The van der Waals surface area contributed by atoms with Crippen molar-refractivity contribution in [2.45, 2.75) is 32.7 Å². The van der Waals surface area contributed by atoms with E-state index in [0.717, 1.165) is 31.5 Å². The summed E-state index contributed by atoms with van der Waals surface area (Å²) in [5.41, 5.74) is 1.03. The molecule has 1 heterocycles. The van der Waals surface area contributed by atoms with Crippen molar-refractivity contribution in [1.29, 1.82) is 0 Å². The Bertz CT molecular complexity index is 481. The average Bonchev–Trinajstić information content (AvgIpc) is 2.41. The number of nitrogens with zero attached hydrogens (tertiary/aromatic N) is 2. The summed E-state index contributed by atoms with van der Waals surface area (Å²) in [7, 11) is 2.09. The van der Waals surface area contributed by atoms with Gasteiger partial charge in [-0.3, -0.25) is 4.79 Å². The normalized spacial score (nSPS) is 17.2. The molecule has 0 atom stereocenters. The lowest BCUT2D eigenvalue weighted by Crippen LogP contribution is -2.46. The lowest BCUT2D eigenvalue weighted by molar-refractivity contribution is 0.0602. The molecule has 0 unspecified atom stereocenters. The van der Waals surface area contributed by atoms with Gasteiger partial charge in [-0.1, -0.05) is 6.07 Å². The molecule has 1 aliphatic heterocycles. The average molecular weight is 278 g/mol. The van der Waals surface area contributed by atoms with Crippen LogP contribution in [0.4, 0.5) is 4.39 Å². The largest absolute Gasteiger partial charge is 0.336 e. The molecule has 3 nitrogen and oxygen atoms in total. The third-order valence-corrected chi connectivity index (χ3v) is 4.09. The van der Waals surface area contributed by atoms with Crippen LogP contribution in [-0.4, -0.2) is 48.4 Å². The Hall–Kier alpha value is -1.42. The van der Waals surface area contributed by atoms with Gasteiger partial charge in [-0.25, -0.2) is 4.39 Å². The molecule has 0 spiro atoms. The zero-order chi connectivity index (χ0) is 14.7. The highest BCUT2D eigenvalue weighted by Gasteiger charge is 2.27. The zero-order valence-electron chi connectivity index (χ0n) is 12.5. The lowest BCUT2D eigenvalue weighted by Gasteiger charge is -2.36. The zero-order valence-corrected chi connectivity index (χ0v) is 12.5. The molecule has 0 aliphatic carbocycles. The highest BCUT2D eigenvalue weighted by molar-refractivity contribution is 5.94. The van der Waals surface area contributed by atoms with Crippen LogP contribution in [0.2, 0.25) is 0 Å². The number of carbonyl (C=O) groups excluding carboxylic acids is 1. The van der Waals surface area contributed by atoms with Crippen LogP contribution < -0.4 is 0 Å². The number of hydrogen-bond acceptors (Lipinski definition) is 2. The van der Waals surface area contributed by atoms with Gasteiger partial charge in [0.25, 0.3) is 5.91 Å². The number of halogens is 1. The summed E-state index contributed by atoms with van der Waals surface area (Å²) in [6.45, 7) is 6.39. The van der Waals surface area contributed by atoms with Crippen LogP contribution in [0.1, 0.15) is 35.7 Å². The molecule has 110 valence electrons. The first kappa shape index (κ1) is 15.0. The Balaban J connectivity index is 2.16. The number of carbonyl (C=O) groups is 1. The topological polar surface area (TPSA) is 23.6 Å². The van der Waals surface area contributed by atoms with E-state index in [1.54, 1.807) is 12.1 Å². The molecular weight excluding hydrogens is 255 g/mol. The quantitative estimate of drug-likeness (QED) is 0.848. The maximum absolute atomic E-state index is 14.0. The van der Waals surface area contributed by atoms with E-state index in [-0.39, 0.29) is 17.5 Å². The molecule has 1 saturated heterocycles. The minimum absolute atomic E-state index is 0.181. The van der Waals surface area contributed by atoms with Gasteiger partial charge >= 0.3 is 0 Å². The smallest absolute Gasteiger partial charge is 0.257 e. The van der Waals surface area contributed by atoms with Gasteiger partial charge in [-0.2, -0.15) is 0 Å². The Morgan fingerprint density at radius 2 is 2.05 bits per heavy atom. The number of rotatable bonds is 3. The highest BCUT2D eigenvalue weighted by atomic mass is 19.1. The summed E-state index contributed by atoms with van der Waals surface area (Å²) in [6, 6.07) is 5.04. The van der Waals surface area contributed by atoms with Crippen molar-refractivity contribution < 1.29 is 9.18 Å². The monoisotopic (exact) mass is 278 g/mol. The number of aryl methyl sites for hydroxylation is 1. The molecule has 1 aromatic carbocycles. The van der Waals surface area contributed by atoms with E-state index in [9.17, 15) is 9.18 Å². The number of benzene rings is 1. The first-order valence-electron chi connectivity index (χ1n) is 7.28. The third kappa shape index (κ3) is 3.18. The van der Waals surface area contributed by atoms with E-state index < -0.39 is 5.82 Å². The van der Waals surface area contributed by atoms with Gasteiger partial charge in [-0.15, -0.1) is 0 Å². The third-order valence-electron chi connectivity index (χ3n) is 4.09. The van der Waals surface area contributed by atoms with E-state index in [2.05, 4.69) is 11.9 Å². The predicted octanol–water partition coefficient (Wildman–Crippen LogP) is 2.69. The van der Waals surface area contributed by atoms with Gasteiger partial charge in [0.15, 0.2) is 0 Å². The van der Waals surface area contributed by atoms with Gasteiger partial charge in [0.2, 0.25) is 0 Å². The molecule has 1 fully saturated rings. The van der Waals surface area contributed by atoms with Crippen molar-refractivity contribution in [3.05, 3.63) is 35.1 Å². The van der Waals surface area contributed by atoms with E-state index in [1.165, 1.54) is 6.07 Å². The summed E-state index contributed by atoms with van der Waals surface area (Å²) < 4.78 is 14.0. The Kier molecular flexibility index (Phi) is 4.76. The highest BCUT2D eigenvalue weighted by Crippen LogP contribution is 2.20. The summed E-state index contributed by atoms with van der Waals surface area (Å²) in [5, 5.41) is 0. The van der Waals surface area contributed by atoms with Gasteiger partial charge in [0, 0.05) is 12.6 Å². The molecule has 0 aromatic heterocycles. The first-order chi connectivity index (χ1) is 9.52. The minimum atomic E-state index is -0.415. The second kappa shape index (κ2) is 6.35. The fourth-order valence-electron chi connectivity index (χ4n) is 2.82. The molecule has 1 aliphatic rings. The van der Waals surface area contributed by atoms with Crippen molar-refractivity contribution >= 4 is 5.91 Å². The van der Waals surface area contributed by atoms with Crippen molar-refractivity contribution in [3.8, 4) is 0 Å². The van der Waals surface area contributed by atoms with E-state index >= 15 is 0 Å². The van der Waals surface area contributed by atoms with Crippen LogP contribution in [0, 0.1) is 12.7 Å². The van der Waals surface area contributed by atoms with Crippen molar-refractivity contribution in [2.24, 2.45) is 0 Å². The second-order valence-corrected chi connectivity index (χ2v) is 5.61. The molecule has 0 N–H and O–H groups in total. The maximum atomic E-state index is 14.0. The molecule has 4 heteroatoms. The van der Waals surface area contributed by atoms with Crippen LogP contribution in [0.25, 0.3) is 0 Å². The fourth-order valence-corrected chi connectivity index (χ4v) is 2.82. The Morgan fingerprint density at radius 3 is 2.60 bits per heavy atom. The van der Waals surface area contributed by atoms with Crippen molar-refractivity contribution in [2.75, 3.05) is 26.7 Å². The summed E-state index contributed by atoms with van der Waals surface area (Å²) in [6.07, 6.45) is 1.92. The standard InChI is InChI=1S/C16H23FN2O/c1-4-19(13-7-9-18(3)10-8-13)16(20)14-6-5-12(2)11-15(14)17/h5-6,11,13H,4,7-10H2,1-3H3. The molecule has 1 aromatic rings. The number of amides is 1. The SMILES string of the molecule is CCN(C(=O)c1ccc(C)cc1F)C1CCN(C)CC1. The number of piperidine rings is 1. The summed E-state index contributed by atoms with van der Waals surface area (Å²) in [4.78, 5) is 16.6. The minimum Gasteiger partial charge on any atom is -0.336 e. The molecule has 0 saturated carbocycles. The van der Waals surface area contributed by atoms with Crippen LogP contribution in [0.5, 0.6) is 0 Å². The number of hydrogen-bond donors (Lipinski definition) is 0. The first-order valence-corrected chi connectivity index (χ1v) is 7.28. The molecule has 2 rings (SSSR count). The van der Waals surface area contributed by atoms with Crippen molar-refractivity contribution in [3.63, 3.8) is 0 Å².